The van der Waals surface area contributed by atoms with E-state index >= 15 is 0 Å². The van der Waals surface area contributed by atoms with Crippen LogP contribution in [0.1, 0.15) is 16.7 Å². The van der Waals surface area contributed by atoms with Gasteiger partial charge in [-0.25, -0.2) is 4.98 Å². The van der Waals surface area contributed by atoms with Gasteiger partial charge >= 0.3 is 0 Å². The number of aromatic nitrogens is 1. The zero-order chi connectivity index (χ0) is 16.5. The predicted octanol–water partition coefficient (Wildman–Crippen LogP) is 5.20. The van der Waals surface area contributed by atoms with Gasteiger partial charge in [0.15, 0.2) is 0 Å². The molecule has 0 amide bonds. The molecule has 0 aliphatic rings. The molecule has 0 saturated heterocycles. The summed E-state index contributed by atoms with van der Waals surface area (Å²) in [6.45, 7) is 3.79. The minimum atomic E-state index is 0.667. The van der Waals surface area contributed by atoms with E-state index in [0.717, 1.165) is 28.5 Å². The molecule has 2 aromatic rings. The molecular formula is C20H20BrNO. The second-order valence-electron chi connectivity index (χ2n) is 4.97. The summed E-state index contributed by atoms with van der Waals surface area (Å²) in [6, 6.07) is 12.5. The Kier molecular flexibility index (Phi) is 6.82. The predicted molar refractivity (Wildman–Crippen MR) is 101 cm³/mol. The first-order valence-electron chi connectivity index (χ1n) is 7.41. The highest BCUT2D eigenvalue weighted by atomic mass is 79.9. The molecule has 0 radical (unpaired) electrons. The lowest BCUT2D eigenvalue weighted by Crippen LogP contribution is -1.98. The van der Waals surface area contributed by atoms with Crippen molar-refractivity contribution in [3.63, 3.8) is 0 Å². The van der Waals surface area contributed by atoms with E-state index in [1.807, 2.05) is 30.5 Å². The van der Waals surface area contributed by atoms with Gasteiger partial charge in [-0.1, -0.05) is 77.1 Å². The van der Waals surface area contributed by atoms with Crippen LogP contribution in [0.2, 0.25) is 0 Å². The summed E-state index contributed by atoms with van der Waals surface area (Å²) in [6.07, 6.45) is 10.5. The van der Waals surface area contributed by atoms with Gasteiger partial charge in [-0.15, -0.1) is 0 Å². The van der Waals surface area contributed by atoms with Gasteiger partial charge in [0.25, 0.3) is 0 Å². The first-order chi connectivity index (χ1) is 11.3. The fraction of sp³-hybridized carbons (Fsp3) is 0.150. The van der Waals surface area contributed by atoms with Crippen LogP contribution in [0, 0.1) is 0 Å². The average Bonchev–Trinajstić information content (AvgIpc) is 2.59. The van der Waals surface area contributed by atoms with Crippen molar-refractivity contribution in [2.75, 3.05) is 12.4 Å². The summed E-state index contributed by atoms with van der Waals surface area (Å²) < 4.78 is 5.42. The second kappa shape index (κ2) is 9.11. The van der Waals surface area contributed by atoms with E-state index in [-0.39, 0.29) is 0 Å². The highest BCUT2D eigenvalue weighted by molar-refractivity contribution is 9.09. The van der Waals surface area contributed by atoms with Crippen LogP contribution in [0.15, 0.2) is 73.5 Å². The Hall–Kier alpha value is -2.13. The zero-order valence-corrected chi connectivity index (χ0v) is 14.8. The van der Waals surface area contributed by atoms with Gasteiger partial charge in [-0.2, -0.15) is 0 Å². The van der Waals surface area contributed by atoms with E-state index in [0.29, 0.717) is 5.88 Å². The lowest BCUT2D eigenvalue weighted by molar-refractivity contribution is 0.393. The minimum Gasteiger partial charge on any atom is -0.481 e. The number of hydrogen-bond acceptors (Lipinski definition) is 2. The second-order valence-corrected chi connectivity index (χ2v) is 5.62. The Morgan fingerprint density at radius 3 is 2.74 bits per heavy atom. The first kappa shape index (κ1) is 17.2. The van der Waals surface area contributed by atoms with Crippen LogP contribution < -0.4 is 4.74 Å². The number of hydrogen-bond donors (Lipinski definition) is 0. The monoisotopic (exact) mass is 369 g/mol. The quantitative estimate of drug-likeness (QED) is 0.494. The Labute approximate surface area is 146 Å². The fourth-order valence-corrected chi connectivity index (χ4v) is 2.52. The number of rotatable bonds is 7. The Morgan fingerprint density at radius 2 is 2.09 bits per heavy atom. The van der Waals surface area contributed by atoms with Crippen LogP contribution in [-0.2, 0) is 6.42 Å². The summed E-state index contributed by atoms with van der Waals surface area (Å²) in [5.41, 5.74) is 4.42. The number of ether oxygens (including phenoxy) is 1. The molecule has 1 aromatic carbocycles. The maximum atomic E-state index is 5.42. The van der Waals surface area contributed by atoms with Gasteiger partial charge in [-0.05, 0) is 17.2 Å². The molecule has 23 heavy (non-hydrogen) atoms. The van der Waals surface area contributed by atoms with E-state index < -0.39 is 0 Å². The molecule has 0 aliphatic heterocycles. The Bertz CT molecular complexity index is 705. The van der Waals surface area contributed by atoms with E-state index in [2.05, 4.69) is 57.8 Å². The SMILES string of the molecule is C=C/C=C(\C=C/CBr)c1cnc(OC)c(Cc2ccccc2)c1. The van der Waals surface area contributed by atoms with Gasteiger partial charge in [0.1, 0.15) is 0 Å². The lowest BCUT2D eigenvalue weighted by Gasteiger charge is -2.10. The average molecular weight is 370 g/mol. The number of pyridine rings is 1. The molecule has 0 saturated carbocycles. The molecule has 0 aliphatic carbocycles. The van der Waals surface area contributed by atoms with E-state index in [1.54, 1.807) is 13.2 Å². The smallest absolute Gasteiger partial charge is 0.216 e. The van der Waals surface area contributed by atoms with Crippen LogP contribution in [0.3, 0.4) is 0 Å². The molecule has 1 heterocycles. The van der Waals surface area contributed by atoms with Gasteiger partial charge in [-0.3, -0.25) is 0 Å². The van der Waals surface area contributed by atoms with E-state index in [4.69, 9.17) is 4.74 Å². The minimum absolute atomic E-state index is 0.667. The van der Waals surface area contributed by atoms with Gasteiger partial charge < -0.3 is 4.74 Å². The molecule has 0 atom stereocenters. The number of benzene rings is 1. The van der Waals surface area contributed by atoms with Crippen LogP contribution >= 0.6 is 15.9 Å². The topological polar surface area (TPSA) is 22.1 Å². The first-order valence-corrected chi connectivity index (χ1v) is 8.53. The van der Waals surface area contributed by atoms with Gasteiger partial charge in [0.2, 0.25) is 5.88 Å². The molecular weight excluding hydrogens is 350 g/mol. The fourth-order valence-electron chi connectivity index (χ4n) is 2.33. The number of alkyl halides is 1. The molecule has 1 aromatic heterocycles. The summed E-state index contributed by atoms with van der Waals surface area (Å²) >= 11 is 3.41. The maximum Gasteiger partial charge on any atom is 0.216 e. The van der Waals surface area contributed by atoms with Crippen molar-refractivity contribution in [1.82, 2.24) is 4.98 Å². The zero-order valence-electron chi connectivity index (χ0n) is 13.2. The van der Waals surface area contributed by atoms with Crippen molar-refractivity contribution in [2.24, 2.45) is 0 Å². The van der Waals surface area contributed by atoms with Crippen LogP contribution in [0.4, 0.5) is 0 Å². The van der Waals surface area contributed by atoms with Crippen LogP contribution in [0.5, 0.6) is 5.88 Å². The van der Waals surface area contributed by atoms with Crippen LogP contribution in [0.25, 0.3) is 5.57 Å². The summed E-state index contributed by atoms with van der Waals surface area (Å²) in [5.74, 6) is 0.667. The van der Waals surface area contributed by atoms with Gasteiger partial charge in [0.05, 0.1) is 7.11 Å². The van der Waals surface area contributed by atoms with Crippen molar-refractivity contribution in [3.05, 3.63) is 90.2 Å². The summed E-state index contributed by atoms with van der Waals surface area (Å²) in [5, 5.41) is 0.807. The maximum absolute atomic E-state index is 5.42. The molecule has 0 N–H and O–H groups in total. The molecule has 0 fully saturated rings. The number of nitrogens with zero attached hydrogens (tertiary/aromatic N) is 1. The van der Waals surface area contributed by atoms with Crippen molar-refractivity contribution in [2.45, 2.75) is 6.42 Å². The van der Waals surface area contributed by atoms with E-state index in [9.17, 15) is 0 Å². The van der Waals surface area contributed by atoms with Gasteiger partial charge in [0, 0.05) is 29.1 Å². The summed E-state index contributed by atoms with van der Waals surface area (Å²) in [4.78, 5) is 4.46. The third-order valence-corrected chi connectivity index (χ3v) is 3.75. The molecule has 0 unspecified atom stereocenters. The molecule has 2 nitrogen and oxygen atoms in total. The standard InChI is InChI=1S/C20H20BrNO/c1-3-8-17(11-7-12-21)19-14-18(20(23-2)22-15-19)13-16-9-5-4-6-10-16/h3-11,14-15H,1,12-13H2,2H3/b11-7-,17-8+. The third-order valence-electron chi connectivity index (χ3n) is 3.37. The van der Waals surface area contributed by atoms with Crippen molar-refractivity contribution >= 4 is 21.5 Å². The highest BCUT2D eigenvalue weighted by Crippen LogP contribution is 2.24. The number of methoxy groups -OCH3 is 1. The highest BCUT2D eigenvalue weighted by Gasteiger charge is 2.08. The third kappa shape index (κ3) is 4.93. The normalized spacial score (nSPS) is 11.7. The van der Waals surface area contributed by atoms with Crippen molar-refractivity contribution in [3.8, 4) is 5.88 Å². The van der Waals surface area contributed by atoms with Crippen molar-refractivity contribution < 1.29 is 4.74 Å². The Morgan fingerprint density at radius 1 is 1.30 bits per heavy atom. The number of allylic oxidation sites excluding steroid dienone is 5. The van der Waals surface area contributed by atoms with E-state index in [1.165, 1.54) is 5.56 Å². The van der Waals surface area contributed by atoms with Crippen molar-refractivity contribution in [1.29, 1.82) is 0 Å². The van der Waals surface area contributed by atoms with Crippen LogP contribution in [-0.4, -0.2) is 17.4 Å². The lowest BCUT2D eigenvalue weighted by atomic mass is 10.0. The Balaban J connectivity index is 2.39. The molecule has 0 bridgehead atoms. The molecule has 3 heteroatoms. The molecule has 118 valence electrons. The molecule has 0 spiro atoms. The number of halogens is 1. The summed E-state index contributed by atoms with van der Waals surface area (Å²) in [7, 11) is 1.65. The molecule has 2 rings (SSSR count). The largest absolute Gasteiger partial charge is 0.481 e.